The lowest BCUT2D eigenvalue weighted by Gasteiger charge is -2.16. The third-order valence-electron chi connectivity index (χ3n) is 8.30. The number of urea groups is 1. The van der Waals surface area contributed by atoms with Crippen molar-refractivity contribution >= 4 is 28.8 Å². The first-order valence-corrected chi connectivity index (χ1v) is 15.4. The number of β-amino-alcohol motifs (C(OH)–C–C–N with tert-alkyl or cyclic N) is 1. The van der Waals surface area contributed by atoms with Crippen LogP contribution in [0.4, 0.5) is 19.3 Å². The highest BCUT2D eigenvalue weighted by molar-refractivity contribution is 5.95. The summed E-state index contributed by atoms with van der Waals surface area (Å²) in [6, 6.07) is 19.3. The number of carbonyl (C=O) groups is 2. The minimum atomic E-state index is -0.633. The Morgan fingerprint density at radius 3 is 2.62 bits per heavy atom. The summed E-state index contributed by atoms with van der Waals surface area (Å²) in [5.41, 5.74) is 5.33. The van der Waals surface area contributed by atoms with Gasteiger partial charge in [0, 0.05) is 36.4 Å². The summed E-state index contributed by atoms with van der Waals surface area (Å²) in [7, 11) is 0. The number of fused-ring (bicyclic) bond motifs is 1. The zero-order valence-electron chi connectivity index (χ0n) is 26.0. The molecule has 0 aliphatic carbocycles. The highest BCUT2D eigenvalue weighted by atomic mass is 19.1. The number of carbonyl (C=O) groups excluding carboxylic acids is 2. The van der Waals surface area contributed by atoms with Gasteiger partial charge in [-0.05, 0) is 85.4 Å². The number of hydrogen-bond acceptors (Lipinski definition) is 5. The molecule has 1 fully saturated rings. The average molecular weight is 637 g/mol. The molecule has 0 saturated carbocycles. The van der Waals surface area contributed by atoms with Gasteiger partial charge in [0.15, 0.2) is 5.65 Å². The maximum Gasteiger partial charge on any atom is 0.321 e. The summed E-state index contributed by atoms with van der Waals surface area (Å²) in [6.07, 6.45) is 4.09. The Bertz CT molecular complexity index is 2010. The van der Waals surface area contributed by atoms with Gasteiger partial charge in [0.05, 0.1) is 18.0 Å². The van der Waals surface area contributed by atoms with E-state index in [1.807, 2.05) is 38.1 Å². The van der Waals surface area contributed by atoms with Gasteiger partial charge in [0.1, 0.15) is 17.3 Å². The van der Waals surface area contributed by atoms with Crippen molar-refractivity contribution in [2.45, 2.75) is 32.8 Å². The van der Waals surface area contributed by atoms with E-state index >= 15 is 4.39 Å². The van der Waals surface area contributed by atoms with Crippen LogP contribution in [0.5, 0.6) is 0 Å². The van der Waals surface area contributed by atoms with E-state index in [9.17, 15) is 19.1 Å². The minimum absolute atomic E-state index is 0.0872. The number of likely N-dealkylation sites (tertiary alicyclic amines) is 1. The normalized spacial score (nSPS) is 14.9. The molecule has 6 rings (SSSR count). The molecule has 47 heavy (non-hydrogen) atoms. The van der Waals surface area contributed by atoms with Crippen LogP contribution < -0.4 is 10.6 Å². The summed E-state index contributed by atoms with van der Waals surface area (Å²) in [5, 5.41) is 19.8. The molecule has 0 unspecified atom stereocenters. The smallest absolute Gasteiger partial charge is 0.321 e. The molecule has 3 heterocycles. The van der Waals surface area contributed by atoms with Crippen molar-refractivity contribution in [3.63, 3.8) is 0 Å². The Hall–Kier alpha value is -5.42. The van der Waals surface area contributed by atoms with Crippen LogP contribution in [-0.2, 0) is 6.42 Å². The number of aromatic nitrogens is 3. The highest BCUT2D eigenvalue weighted by Crippen LogP contribution is 2.30. The zero-order valence-corrected chi connectivity index (χ0v) is 26.0. The monoisotopic (exact) mass is 636 g/mol. The predicted molar refractivity (Wildman–Crippen MR) is 177 cm³/mol. The SMILES string of the molecule is C/C=C(/C)c1ccccc1CCNC(=O)c1cc(-c2cccc(F)c2)c2nc(-c3ccc(NC(=O)N4CC[C@@H](O)C4)cc3F)cn2n1. The van der Waals surface area contributed by atoms with Crippen LogP contribution in [0.2, 0.25) is 0 Å². The van der Waals surface area contributed by atoms with Crippen LogP contribution in [0, 0.1) is 11.6 Å². The molecule has 3 N–H and O–H groups in total. The van der Waals surface area contributed by atoms with E-state index in [4.69, 9.17) is 0 Å². The summed E-state index contributed by atoms with van der Waals surface area (Å²) in [6.45, 7) is 5.03. The van der Waals surface area contributed by atoms with Crippen LogP contribution in [0.15, 0.2) is 85.1 Å². The second-order valence-electron chi connectivity index (χ2n) is 11.5. The molecule has 5 aromatic rings. The molecule has 1 aliphatic heterocycles. The van der Waals surface area contributed by atoms with Gasteiger partial charge in [-0.25, -0.2) is 23.1 Å². The number of rotatable bonds is 8. The Morgan fingerprint density at radius 1 is 1.04 bits per heavy atom. The molecule has 0 radical (unpaired) electrons. The zero-order chi connectivity index (χ0) is 33.1. The molecule has 240 valence electrons. The van der Waals surface area contributed by atoms with Gasteiger partial charge in [-0.2, -0.15) is 5.10 Å². The van der Waals surface area contributed by atoms with Crippen molar-refractivity contribution < 1.29 is 23.5 Å². The van der Waals surface area contributed by atoms with Crippen molar-refractivity contribution in [1.29, 1.82) is 0 Å². The van der Waals surface area contributed by atoms with Crippen molar-refractivity contribution in [2.75, 3.05) is 25.0 Å². The van der Waals surface area contributed by atoms with E-state index in [-0.39, 0.29) is 29.2 Å². The van der Waals surface area contributed by atoms with Crippen molar-refractivity contribution in [1.82, 2.24) is 24.8 Å². The fourth-order valence-electron chi connectivity index (χ4n) is 5.70. The maximum atomic E-state index is 15.4. The molecule has 3 aromatic carbocycles. The summed E-state index contributed by atoms with van der Waals surface area (Å²) in [4.78, 5) is 32.0. The van der Waals surface area contributed by atoms with Crippen molar-refractivity contribution in [3.8, 4) is 22.4 Å². The van der Waals surface area contributed by atoms with E-state index < -0.39 is 29.7 Å². The molecule has 1 saturated heterocycles. The van der Waals surface area contributed by atoms with Crippen LogP contribution in [0.3, 0.4) is 0 Å². The molecule has 3 amide bonds. The Kier molecular flexibility index (Phi) is 9.08. The summed E-state index contributed by atoms with van der Waals surface area (Å²) in [5.74, 6) is -1.51. The number of nitrogens with zero attached hydrogens (tertiary/aromatic N) is 4. The number of allylic oxidation sites excluding steroid dienone is 2. The van der Waals surface area contributed by atoms with E-state index in [1.165, 1.54) is 39.9 Å². The van der Waals surface area contributed by atoms with Crippen molar-refractivity contribution in [3.05, 3.63) is 114 Å². The third kappa shape index (κ3) is 6.90. The average Bonchev–Trinajstić information content (AvgIpc) is 3.70. The number of benzene rings is 3. The first-order valence-electron chi connectivity index (χ1n) is 15.4. The van der Waals surface area contributed by atoms with E-state index in [2.05, 4.69) is 26.8 Å². The fraction of sp³-hybridized carbons (Fsp3) is 0.222. The number of halogens is 2. The third-order valence-corrected chi connectivity index (χ3v) is 8.30. The lowest BCUT2D eigenvalue weighted by atomic mass is 9.98. The highest BCUT2D eigenvalue weighted by Gasteiger charge is 2.25. The van der Waals surface area contributed by atoms with E-state index in [1.54, 1.807) is 24.3 Å². The number of anilines is 1. The maximum absolute atomic E-state index is 15.4. The number of imidazole rings is 1. The van der Waals surface area contributed by atoms with Gasteiger partial charge in [-0.15, -0.1) is 0 Å². The first-order chi connectivity index (χ1) is 22.7. The van der Waals surface area contributed by atoms with Gasteiger partial charge in [0.2, 0.25) is 0 Å². The van der Waals surface area contributed by atoms with Gasteiger partial charge in [-0.1, -0.05) is 42.5 Å². The standard InChI is InChI=1S/C36H34F2N6O3/c1-3-22(2)28-10-5-4-7-23(28)13-15-39-35(46)32-19-30(24-8-6-9-25(37)17-24)34-41-33(21-44(34)42-32)29-12-11-26(18-31(29)38)40-36(47)43-16-14-27(45)20-43/h3-12,17-19,21,27,45H,13-16,20H2,1-2H3,(H,39,46)(H,40,47)/b22-3-/t27-/m1/s1. The molecular formula is C36H34F2N6O3. The summed E-state index contributed by atoms with van der Waals surface area (Å²) >= 11 is 0. The van der Waals surface area contributed by atoms with E-state index in [0.29, 0.717) is 42.7 Å². The fourth-order valence-corrected chi connectivity index (χ4v) is 5.70. The molecule has 1 atom stereocenters. The van der Waals surface area contributed by atoms with E-state index in [0.717, 1.165) is 16.7 Å². The lowest BCUT2D eigenvalue weighted by Crippen LogP contribution is -2.33. The minimum Gasteiger partial charge on any atom is -0.391 e. The number of aliphatic hydroxyl groups is 1. The number of nitrogens with one attached hydrogen (secondary N) is 2. The Morgan fingerprint density at radius 2 is 1.87 bits per heavy atom. The lowest BCUT2D eigenvalue weighted by molar-refractivity contribution is 0.0948. The molecule has 1 aliphatic rings. The molecule has 0 bridgehead atoms. The van der Waals surface area contributed by atoms with Crippen LogP contribution >= 0.6 is 0 Å². The van der Waals surface area contributed by atoms with Gasteiger partial charge in [0.25, 0.3) is 5.91 Å². The molecule has 2 aromatic heterocycles. The molecule has 11 heteroatoms. The topological polar surface area (TPSA) is 112 Å². The first kappa shape index (κ1) is 31.6. The van der Waals surface area contributed by atoms with Crippen LogP contribution in [0.25, 0.3) is 33.6 Å². The molecular weight excluding hydrogens is 602 g/mol. The molecule has 9 nitrogen and oxygen atoms in total. The number of hydrogen-bond donors (Lipinski definition) is 3. The van der Waals surface area contributed by atoms with Gasteiger partial charge < -0.3 is 20.6 Å². The number of aliphatic hydroxyl groups excluding tert-OH is 1. The van der Waals surface area contributed by atoms with Gasteiger partial charge in [-0.3, -0.25) is 4.79 Å². The number of amides is 3. The largest absolute Gasteiger partial charge is 0.391 e. The second-order valence-corrected chi connectivity index (χ2v) is 11.5. The quantitative estimate of drug-likeness (QED) is 0.184. The Balaban J connectivity index is 1.28. The predicted octanol–water partition coefficient (Wildman–Crippen LogP) is 6.34. The van der Waals surface area contributed by atoms with Gasteiger partial charge >= 0.3 is 6.03 Å². The van der Waals surface area contributed by atoms with Crippen LogP contribution in [-0.4, -0.2) is 62.3 Å². The Labute approximate surface area is 270 Å². The molecule has 0 spiro atoms. The summed E-state index contributed by atoms with van der Waals surface area (Å²) < 4.78 is 31.1. The van der Waals surface area contributed by atoms with Crippen LogP contribution in [0.1, 0.15) is 41.9 Å². The second kappa shape index (κ2) is 13.5. The van der Waals surface area contributed by atoms with Crippen molar-refractivity contribution in [2.24, 2.45) is 0 Å².